The molecular weight excluding hydrogens is 430 g/mol. The third-order valence-corrected chi connectivity index (χ3v) is 4.13. The third kappa shape index (κ3) is 2.66. The molecule has 1 N–H and O–H groups in total. The normalized spacial score (nSPS) is 12.7. The molecule has 0 saturated carbocycles. The fraction of sp³-hybridized carbons (Fsp3) is 0.300. The van der Waals surface area contributed by atoms with Crippen LogP contribution in [0.15, 0.2) is 25.8 Å². The van der Waals surface area contributed by atoms with Crippen LogP contribution in [0.1, 0.15) is 17.4 Å². The van der Waals surface area contributed by atoms with Crippen LogP contribution >= 0.6 is 47.8 Å². The summed E-state index contributed by atoms with van der Waals surface area (Å²) < 4.78 is 4.28. The second-order valence-corrected chi connectivity index (χ2v) is 6.15. The number of nitrogens with zero attached hydrogens (tertiary/aromatic N) is 4. The zero-order valence-corrected chi connectivity index (χ0v) is 14.4. The number of hydrogen-bond donors (Lipinski definition) is 1. The van der Waals surface area contributed by atoms with E-state index in [0.717, 1.165) is 20.3 Å². The number of pyridine rings is 1. The van der Waals surface area contributed by atoms with Crippen molar-refractivity contribution >= 4 is 47.8 Å². The van der Waals surface area contributed by atoms with Gasteiger partial charge in [-0.1, -0.05) is 5.21 Å². The third-order valence-electron chi connectivity index (χ3n) is 2.50. The van der Waals surface area contributed by atoms with Gasteiger partial charge in [-0.2, -0.15) is 0 Å². The molecular formula is C10H10Br3N5. The van der Waals surface area contributed by atoms with Crippen molar-refractivity contribution in [2.45, 2.75) is 6.04 Å². The van der Waals surface area contributed by atoms with Gasteiger partial charge < -0.3 is 5.32 Å². The van der Waals surface area contributed by atoms with E-state index in [-0.39, 0.29) is 6.04 Å². The summed E-state index contributed by atoms with van der Waals surface area (Å²) in [7, 11) is 3.73. The lowest BCUT2D eigenvalue weighted by Gasteiger charge is -2.17. The molecule has 5 nitrogen and oxygen atoms in total. The molecule has 0 aliphatic heterocycles. The first-order valence-corrected chi connectivity index (χ1v) is 7.45. The molecule has 2 rings (SSSR count). The van der Waals surface area contributed by atoms with Crippen molar-refractivity contribution in [1.82, 2.24) is 25.3 Å². The monoisotopic (exact) mass is 437 g/mol. The minimum Gasteiger partial charge on any atom is -0.307 e. The van der Waals surface area contributed by atoms with Crippen molar-refractivity contribution in [2.75, 3.05) is 7.05 Å². The van der Waals surface area contributed by atoms with Gasteiger partial charge >= 0.3 is 0 Å². The molecule has 0 spiro atoms. The van der Waals surface area contributed by atoms with E-state index in [2.05, 4.69) is 68.4 Å². The average Bonchev–Trinajstić information content (AvgIpc) is 2.64. The fourth-order valence-electron chi connectivity index (χ4n) is 1.69. The van der Waals surface area contributed by atoms with Crippen molar-refractivity contribution in [3.63, 3.8) is 0 Å². The first-order chi connectivity index (χ1) is 8.54. The molecule has 0 aliphatic rings. The lowest BCUT2D eigenvalue weighted by molar-refractivity contribution is 0.584. The maximum Gasteiger partial charge on any atom is 0.153 e. The van der Waals surface area contributed by atoms with E-state index in [1.165, 1.54) is 0 Å². The molecule has 0 fully saturated rings. The molecule has 0 saturated heterocycles. The largest absolute Gasteiger partial charge is 0.307 e. The molecule has 2 aromatic heterocycles. The summed E-state index contributed by atoms with van der Waals surface area (Å²) in [5, 5.41) is 11.2. The topological polar surface area (TPSA) is 55.6 Å². The first-order valence-electron chi connectivity index (χ1n) is 5.08. The lowest BCUT2D eigenvalue weighted by Crippen LogP contribution is -2.22. The summed E-state index contributed by atoms with van der Waals surface area (Å²) in [5.41, 5.74) is 1.81. The van der Waals surface area contributed by atoms with Gasteiger partial charge in [-0.05, 0) is 60.9 Å². The highest BCUT2D eigenvalue weighted by Gasteiger charge is 2.23. The predicted octanol–water partition coefficient (Wildman–Crippen LogP) is 2.81. The Labute approximate surface area is 130 Å². The van der Waals surface area contributed by atoms with Crippen molar-refractivity contribution in [2.24, 2.45) is 7.05 Å². The highest BCUT2D eigenvalue weighted by molar-refractivity contribution is 9.11. The summed E-state index contributed by atoms with van der Waals surface area (Å²) in [6.45, 7) is 0. The number of hydrogen-bond acceptors (Lipinski definition) is 4. The molecule has 96 valence electrons. The summed E-state index contributed by atoms with van der Waals surface area (Å²) in [4.78, 5) is 4.44. The summed E-state index contributed by atoms with van der Waals surface area (Å²) in [6, 6.07) is 1.87. The van der Waals surface area contributed by atoms with Crippen LogP contribution in [0.2, 0.25) is 0 Å². The SMILES string of the molecule is CNC(c1ncc(Br)cc1Br)c1c(Br)nnn1C. The van der Waals surface area contributed by atoms with Crippen LogP contribution in [0.25, 0.3) is 0 Å². The average molecular weight is 440 g/mol. The van der Waals surface area contributed by atoms with E-state index in [0.29, 0.717) is 4.60 Å². The Kier molecular flexibility index (Phi) is 4.52. The van der Waals surface area contributed by atoms with E-state index in [9.17, 15) is 0 Å². The maximum atomic E-state index is 4.44. The van der Waals surface area contributed by atoms with Gasteiger partial charge in [-0.25, -0.2) is 4.68 Å². The van der Waals surface area contributed by atoms with Gasteiger partial charge in [0.1, 0.15) is 0 Å². The van der Waals surface area contributed by atoms with E-state index >= 15 is 0 Å². The van der Waals surface area contributed by atoms with Crippen LogP contribution in [0, 0.1) is 0 Å². The maximum absolute atomic E-state index is 4.44. The van der Waals surface area contributed by atoms with Crippen molar-refractivity contribution in [3.05, 3.63) is 37.2 Å². The number of aromatic nitrogens is 4. The molecule has 0 aliphatic carbocycles. The van der Waals surface area contributed by atoms with Crippen LogP contribution in [0.4, 0.5) is 0 Å². The zero-order chi connectivity index (χ0) is 13.3. The number of rotatable bonds is 3. The smallest absolute Gasteiger partial charge is 0.153 e. The number of nitrogens with one attached hydrogen (secondary N) is 1. The minimum absolute atomic E-state index is 0.0955. The van der Waals surface area contributed by atoms with E-state index in [1.807, 2.05) is 20.2 Å². The minimum atomic E-state index is -0.0955. The fourth-order valence-corrected chi connectivity index (χ4v) is 3.46. The number of aryl methyl sites for hydroxylation is 1. The Bertz CT molecular complexity index is 549. The van der Waals surface area contributed by atoms with Gasteiger partial charge in [0.25, 0.3) is 0 Å². The molecule has 2 heterocycles. The molecule has 0 radical (unpaired) electrons. The Morgan fingerprint density at radius 1 is 1.33 bits per heavy atom. The van der Waals surface area contributed by atoms with Crippen LogP contribution in [0.5, 0.6) is 0 Å². The molecule has 18 heavy (non-hydrogen) atoms. The van der Waals surface area contributed by atoms with Gasteiger partial charge in [-0.15, -0.1) is 5.10 Å². The summed E-state index contributed by atoms with van der Waals surface area (Å²) in [6.07, 6.45) is 1.77. The van der Waals surface area contributed by atoms with Gasteiger partial charge in [0.15, 0.2) is 4.60 Å². The number of halogens is 3. The second-order valence-electron chi connectivity index (χ2n) is 3.63. The van der Waals surface area contributed by atoms with E-state index in [4.69, 9.17) is 0 Å². The van der Waals surface area contributed by atoms with Crippen LogP contribution in [-0.2, 0) is 7.05 Å². The van der Waals surface area contributed by atoms with Gasteiger partial charge in [0.2, 0.25) is 0 Å². The Morgan fingerprint density at radius 2 is 2.06 bits per heavy atom. The molecule has 2 aromatic rings. The summed E-state index contributed by atoms with van der Waals surface area (Å²) in [5.74, 6) is 0. The van der Waals surface area contributed by atoms with Crippen molar-refractivity contribution < 1.29 is 0 Å². The van der Waals surface area contributed by atoms with Crippen molar-refractivity contribution in [3.8, 4) is 0 Å². The van der Waals surface area contributed by atoms with Crippen LogP contribution < -0.4 is 5.32 Å². The van der Waals surface area contributed by atoms with Gasteiger partial charge in [-0.3, -0.25) is 4.98 Å². The quantitative estimate of drug-likeness (QED) is 0.799. The van der Waals surface area contributed by atoms with Crippen LogP contribution in [-0.4, -0.2) is 27.0 Å². The molecule has 1 unspecified atom stereocenters. The first kappa shape index (κ1) is 14.1. The van der Waals surface area contributed by atoms with Crippen LogP contribution in [0.3, 0.4) is 0 Å². The Balaban J connectivity index is 2.52. The Hall–Kier alpha value is -0.310. The predicted molar refractivity (Wildman–Crippen MR) is 79.2 cm³/mol. The van der Waals surface area contributed by atoms with Crippen molar-refractivity contribution in [1.29, 1.82) is 0 Å². The highest BCUT2D eigenvalue weighted by Crippen LogP contribution is 2.30. The Morgan fingerprint density at radius 3 is 2.56 bits per heavy atom. The lowest BCUT2D eigenvalue weighted by atomic mass is 10.1. The molecule has 0 bridgehead atoms. The van der Waals surface area contributed by atoms with E-state index in [1.54, 1.807) is 10.9 Å². The van der Waals surface area contributed by atoms with Gasteiger partial charge in [0, 0.05) is 22.2 Å². The molecule has 0 amide bonds. The van der Waals surface area contributed by atoms with Gasteiger partial charge in [0.05, 0.1) is 17.4 Å². The molecule has 8 heteroatoms. The molecule has 0 aromatic carbocycles. The standard InChI is InChI=1S/C10H10Br3N5/c1-14-8(9-10(13)16-17-18(9)2)7-6(12)3-5(11)4-15-7/h3-4,8,14H,1-2H3. The van der Waals surface area contributed by atoms with E-state index < -0.39 is 0 Å². The second kappa shape index (κ2) is 5.77. The summed E-state index contributed by atoms with van der Waals surface area (Å²) >= 11 is 10.3. The molecule has 1 atom stereocenters. The highest BCUT2D eigenvalue weighted by atomic mass is 79.9. The zero-order valence-electron chi connectivity index (χ0n) is 9.65.